The number of hydrogen-bond donors (Lipinski definition) is 0. The fourth-order valence-electron chi connectivity index (χ4n) is 2.32. The van der Waals surface area contributed by atoms with Crippen molar-refractivity contribution in [2.24, 2.45) is 0 Å². The largest absolute Gasteiger partial charge is 0.514 e. The predicted octanol–water partition coefficient (Wildman–Crippen LogP) is 6.09. The Hall–Kier alpha value is -2.75. The van der Waals surface area contributed by atoms with Gasteiger partial charge in [-0.05, 0) is 58.2 Å². The third-order valence-corrected chi connectivity index (χ3v) is 3.60. The summed E-state index contributed by atoms with van der Waals surface area (Å²) in [5, 5.41) is 0. The number of benzene rings is 2. The van der Waals surface area contributed by atoms with E-state index in [1.165, 1.54) is 5.57 Å². The van der Waals surface area contributed by atoms with Gasteiger partial charge < -0.3 is 14.2 Å². The summed E-state index contributed by atoms with van der Waals surface area (Å²) in [4.78, 5) is 11.9. The van der Waals surface area contributed by atoms with Gasteiger partial charge in [0.15, 0.2) is 0 Å². The minimum atomic E-state index is -0.728. The Bertz CT molecular complexity index is 782. The number of ether oxygens (including phenoxy) is 3. The first-order valence-electron chi connectivity index (χ1n) is 9.07. The van der Waals surface area contributed by atoms with E-state index in [4.69, 9.17) is 14.2 Å². The van der Waals surface area contributed by atoms with Crippen LogP contribution in [0.4, 0.5) is 4.79 Å². The van der Waals surface area contributed by atoms with E-state index in [9.17, 15) is 4.79 Å². The number of allylic oxidation sites excluding steroid dienone is 2. The molecule has 0 spiro atoms. The average molecular weight is 368 g/mol. The molecule has 144 valence electrons. The molecule has 0 aromatic heterocycles. The highest BCUT2D eigenvalue weighted by Crippen LogP contribution is 2.27. The summed E-state index contributed by atoms with van der Waals surface area (Å²) >= 11 is 0. The molecule has 2 aromatic carbocycles. The molecule has 0 aliphatic heterocycles. The molecule has 0 N–H and O–H groups in total. The zero-order chi connectivity index (χ0) is 19.9. The Morgan fingerprint density at radius 2 is 1.74 bits per heavy atom. The van der Waals surface area contributed by atoms with E-state index in [0.29, 0.717) is 18.1 Å². The molecule has 2 rings (SSSR count). The Balaban J connectivity index is 2.17. The molecular weight excluding hydrogens is 340 g/mol. The lowest BCUT2D eigenvalue weighted by molar-refractivity contribution is 0.0206. The van der Waals surface area contributed by atoms with Crippen molar-refractivity contribution in [1.29, 1.82) is 0 Å². The van der Waals surface area contributed by atoms with Gasteiger partial charge in [-0.25, -0.2) is 4.79 Å². The fourth-order valence-corrected chi connectivity index (χ4v) is 2.32. The smallest absolute Gasteiger partial charge is 0.488 e. The average Bonchev–Trinajstić information content (AvgIpc) is 2.58. The summed E-state index contributed by atoms with van der Waals surface area (Å²) in [6, 6.07) is 15.4. The third-order valence-electron chi connectivity index (χ3n) is 3.60. The van der Waals surface area contributed by atoms with E-state index in [1.807, 2.05) is 36.4 Å². The zero-order valence-electron chi connectivity index (χ0n) is 16.7. The summed E-state index contributed by atoms with van der Waals surface area (Å²) in [6.07, 6.45) is 2.16. The maximum Gasteiger partial charge on any atom is 0.514 e. The molecule has 27 heavy (non-hydrogen) atoms. The van der Waals surface area contributed by atoms with E-state index in [2.05, 4.69) is 19.9 Å². The van der Waals surface area contributed by atoms with E-state index in [1.54, 1.807) is 32.9 Å². The first kappa shape index (κ1) is 20.6. The van der Waals surface area contributed by atoms with Gasteiger partial charge in [-0.1, -0.05) is 48.0 Å². The second-order valence-corrected chi connectivity index (χ2v) is 7.60. The van der Waals surface area contributed by atoms with Crippen LogP contribution in [0.2, 0.25) is 0 Å². The minimum absolute atomic E-state index is 0.397. The Labute approximate surface area is 161 Å². The summed E-state index contributed by atoms with van der Waals surface area (Å²) in [7, 11) is 0. The second-order valence-electron chi connectivity index (χ2n) is 7.60. The Morgan fingerprint density at radius 3 is 2.37 bits per heavy atom. The van der Waals surface area contributed by atoms with E-state index in [0.717, 1.165) is 17.5 Å². The molecule has 0 saturated heterocycles. The summed E-state index contributed by atoms with van der Waals surface area (Å²) in [6.45, 7) is 9.95. The second kappa shape index (κ2) is 9.26. The molecule has 0 radical (unpaired) electrons. The minimum Gasteiger partial charge on any atom is -0.488 e. The van der Waals surface area contributed by atoms with Crippen molar-refractivity contribution in [3.05, 3.63) is 71.3 Å². The van der Waals surface area contributed by atoms with Crippen LogP contribution in [0, 0.1) is 0 Å². The maximum absolute atomic E-state index is 11.9. The number of rotatable bonds is 6. The van der Waals surface area contributed by atoms with Gasteiger partial charge in [-0.2, -0.15) is 0 Å². The number of carbonyl (C=O) groups is 1. The SMILES string of the molecule is CC(C)=CCc1ccc(OC(=O)OC(C)(C)C)cc1OCc1ccccc1. The van der Waals surface area contributed by atoms with E-state index < -0.39 is 11.8 Å². The number of carbonyl (C=O) groups excluding carboxylic acids is 1. The summed E-state index contributed by atoms with van der Waals surface area (Å²) in [5.74, 6) is 1.09. The Kier molecular flexibility index (Phi) is 7.05. The number of hydrogen-bond acceptors (Lipinski definition) is 4. The van der Waals surface area contributed by atoms with Gasteiger partial charge in [0.05, 0.1) is 0 Å². The highest BCUT2D eigenvalue weighted by molar-refractivity contribution is 5.64. The van der Waals surface area contributed by atoms with Crippen molar-refractivity contribution in [3.8, 4) is 11.5 Å². The van der Waals surface area contributed by atoms with Crippen LogP contribution in [0.5, 0.6) is 11.5 Å². The zero-order valence-corrected chi connectivity index (χ0v) is 16.7. The quantitative estimate of drug-likeness (QED) is 0.352. The van der Waals surface area contributed by atoms with E-state index >= 15 is 0 Å². The molecule has 0 atom stereocenters. The van der Waals surface area contributed by atoms with Crippen LogP contribution < -0.4 is 9.47 Å². The first-order valence-corrected chi connectivity index (χ1v) is 9.07. The van der Waals surface area contributed by atoms with Crippen LogP contribution in [-0.4, -0.2) is 11.8 Å². The molecule has 0 unspecified atom stereocenters. The molecule has 0 heterocycles. The van der Waals surface area contributed by atoms with Crippen LogP contribution in [-0.2, 0) is 17.8 Å². The van der Waals surface area contributed by atoms with Gasteiger partial charge in [0.25, 0.3) is 0 Å². The van der Waals surface area contributed by atoms with Gasteiger partial charge in [0.1, 0.15) is 23.7 Å². The molecule has 0 aliphatic carbocycles. The molecule has 0 fully saturated rings. The van der Waals surface area contributed by atoms with Crippen LogP contribution in [0.1, 0.15) is 45.7 Å². The monoisotopic (exact) mass is 368 g/mol. The standard InChI is InChI=1S/C23H28O4/c1-17(2)11-12-19-13-14-20(26-22(24)27-23(3,4)5)15-21(19)25-16-18-9-7-6-8-10-18/h6-11,13-15H,12,16H2,1-5H3. The topological polar surface area (TPSA) is 44.8 Å². The van der Waals surface area contributed by atoms with E-state index in [-0.39, 0.29) is 0 Å². The lowest BCUT2D eigenvalue weighted by Gasteiger charge is -2.19. The van der Waals surface area contributed by atoms with Crippen LogP contribution in [0.15, 0.2) is 60.2 Å². The van der Waals surface area contributed by atoms with Crippen molar-refractivity contribution in [3.63, 3.8) is 0 Å². The molecule has 4 nitrogen and oxygen atoms in total. The normalized spacial score (nSPS) is 10.9. The van der Waals surface area contributed by atoms with Gasteiger partial charge in [-0.3, -0.25) is 0 Å². The molecular formula is C23H28O4. The van der Waals surface area contributed by atoms with Gasteiger partial charge in [-0.15, -0.1) is 0 Å². The maximum atomic E-state index is 11.9. The van der Waals surface area contributed by atoms with Crippen LogP contribution in [0.3, 0.4) is 0 Å². The lowest BCUT2D eigenvalue weighted by Crippen LogP contribution is -2.26. The lowest BCUT2D eigenvalue weighted by atomic mass is 10.1. The predicted molar refractivity (Wildman–Crippen MR) is 107 cm³/mol. The summed E-state index contributed by atoms with van der Waals surface area (Å²) < 4.78 is 16.5. The van der Waals surface area contributed by atoms with Crippen molar-refractivity contribution in [2.75, 3.05) is 0 Å². The summed E-state index contributed by atoms with van der Waals surface area (Å²) in [5.41, 5.74) is 2.73. The van der Waals surface area contributed by atoms with Gasteiger partial charge >= 0.3 is 6.16 Å². The van der Waals surface area contributed by atoms with Gasteiger partial charge in [0.2, 0.25) is 0 Å². The van der Waals surface area contributed by atoms with Crippen molar-refractivity contribution >= 4 is 6.16 Å². The first-order chi connectivity index (χ1) is 12.7. The molecule has 0 amide bonds. The highest BCUT2D eigenvalue weighted by atomic mass is 16.7. The molecule has 0 bridgehead atoms. The molecule has 4 heteroatoms. The fraction of sp³-hybridized carbons (Fsp3) is 0.348. The molecule has 0 saturated carbocycles. The van der Waals surface area contributed by atoms with Crippen molar-refractivity contribution in [2.45, 2.75) is 53.2 Å². The van der Waals surface area contributed by atoms with Crippen molar-refractivity contribution in [1.82, 2.24) is 0 Å². The Morgan fingerprint density at radius 1 is 1.04 bits per heavy atom. The highest BCUT2D eigenvalue weighted by Gasteiger charge is 2.18. The van der Waals surface area contributed by atoms with Crippen LogP contribution >= 0.6 is 0 Å². The third kappa shape index (κ3) is 7.57. The molecule has 0 aliphatic rings. The van der Waals surface area contributed by atoms with Crippen molar-refractivity contribution < 1.29 is 19.0 Å². The van der Waals surface area contributed by atoms with Crippen LogP contribution in [0.25, 0.3) is 0 Å². The molecule has 2 aromatic rings. The van der Waals surface area contributed by atoms with Gasteiger partial charge in [0, 0.05) is 6.07 Å².